The Hall–Kier alpha value is -3.72. The smallest absolute Gasteiger partial charge is 0.295 e. The Kier molecular flexibility index (Phi) is 9.01. The molecular formula is C29H27Cl2NO7. The van der Waals surface area contributed by atoms with Gasteiger partial charge in [-0.25, -0.2) is 0 Å². The van der Waals surface area contributed by atoms with Crippen molar-refractivity contribution < 1.29 is 33.6 Å². The molecule has 3 aromatic carbocycles. The van der Waals surface area contributed by atoms with Gasteiger partial charge in [0.15, 0.2) is 11.5 Å². The van der Waals surface area contributed by atoms with Gasteiger partial charge in [0.05, 0.1) is 43.0 Å². The number of aliphatic hydroxyl groups excluding tert-OH is 1. The van der Waals surface area contributed by atoms with Crippen molar-refractivity contribution in [3.05, 3.63) is 93.0 Å². The molecule has 0 spiro atoms. The molecule has 0 aromatic heterocycles. The molecular weight excluding hydrogens is 545 g/mol. The van der Waals surface area contributed by atoms with Crippen molar-refractivity contribution in [1.29, 1.82) is 0 Å². The summed E-state index contributed by atoms with van der Waals surface area (Å²) >= 11 is 12.7. The highest BCUT2D eigenvalue weighted by atomic mass is 35.5. The molecule has 1 fully saturated rings. The van der Waals surface area contributed by atoms with E-state index in [1.54, 1.807) is 24.3 Å². The number of halogens is 2. The Morgan fingerprint density at radius 1 is 0.949 bits per heavy atom. The zero-order valence-electron chi connectivity index (χ0n) is 21.6. The van der Waals surface area contributed by atoms with Gasteiger partial charge in [0, 0.05) is 13.7 Å². The first kappa shape index (κ1) is 28.3. The van der Waals surface area contributed by atoms with Gasteiger partial charge in [0.2, 0.25) is 0 Å². The predicted molar refractivity (Wildman–Crippen MR) is 148 cm³/mol. The number of rotatable bonds is 10. The summed E-state index contributed by atoms with van der Waals surface area (Å²) in [5.41, 5.74) is 1.51. The summed E-state index contributed by atoms with van der Waals surface area (Å²) in [7, 11) is 4.24. The number of amides is 1. The van der Waals surface area contributed by atoms with Gasteiger partial charge in [-0.2, -0.15) is 0 Å². The van der Waals surface area contributed by atoms with Crippen LogP contribution in [0.4, 0.5) is 0 Å². The molecule has 8 nitrogen and oxygen atoms in total. The minimum Gasteiger partial charge on any atom is -0.507 e. The second-order valence-electron chi connectivity index (χ2n) is 8.62. The van der Waals surface area contributed by atoms with Crippen molar-refractivity contribution in [3.63, 3.8) is 0 Å². The van der Waals surface area contributed by atoms with Gasteiger partial charge in [-0.1, -0.05) is 65.7 Å². The zero-order chi connectivity index (χ0) is 28.1. The normalized spacial score (nSPS) is 16.4. The van der Waals surface area contributed by atoms with Gasteiger partial charge < -0.3 is 29.0 Å². The molecule has 1 aliphatic heterocycles. The van der Waals surface area contributed by atoms with E-state index in [-0.39, 0.29) is 45.8 Å². The third kappa shape index (κ3) is 5.68. The molecule has 1 aliphatic rings. The lowest BCUT2D eigenvalue weighted by atomic mass is 9.95. The maximum absolute atomic E-state index is 13.3. The number of hydrogen-bond donors (Lipinski definition) is 1. The lowest BCUT2D eigenvalue weighted by Crippen LogP contribution is -2.32. The first-order valence-corrected chi connectivity index (χ1v) is 12.7. The number of likely N-dealkylation sites (tertiary alicyclic amines) is 1. The highest BCUT2D eigenvalue weighted by Crippen LogP contribution is 2.47. The van der Waals surface area contributed by atoms with Crippen LogP contribution in [0.1, 0.15) is 22.7 Å². The van der Waals surface area contributed by atoms with Crippen LogP contribution in [0.25, 0.3) is 5.76 Å². The third-order valence-corrected chi connectivity index (χ3v) is 6.94. The highest BCUT2D eigenvalue weighted by molar-refractivity contribution is 6.47. The van der Waals surface area contributed by atoms with E-state index in [1.165, 1.54) is 32.3 Å². The van der Waals surface area contributed by atoms with Crippen molar-refractivity contribution in [3.8, 4) is 17.2 Å². The van der Waals surface area contributed by atoms with Gasteiger partial charge in [-0.05, 0) is 29.3 Å². The van der Waals surface area contributed by atoms with Crippen molar-refractivity contribution in [1.82, 2.24) is 4.90 Å². The molecule has 1 atom stereocenters. The predicted octanol–water partition coefficient (Wildman–Crippen LogP) is 5.66. The first-order chi connectivity index (χ1) is 18.8. The van der Waals surface area contributed by atoms with Crippen LogP contribution < -0.4 is 14.2 Å². The summed E-state index contributed by atoms with van der Waals surface area (Å²) in [6.45, 7) is 0.687. The van der Waals surface area contributed by atoms with Crippen LogP contribution in [-0.4, -0.2) is 56.2 Å². The van der Waals surface area contributed by atoms with E-state index < -0.39 is 23.5 Å². The average molecular weight is 572 g/mol. The van der Waals surface area contributed by atoms with Crippen LogP contribution in [0.2, 0.25) is 10.0 Å². The van der Waals surface area contributed by atoms with Crippen LogP contribution in [-0.2, 0) is 20.9 Å². The third-order valence-electron chi connectivity index (χ3n) is 6.32. The van der Waals surface area contributed by atoms with Gasteiger partial charge in [0.1, 0.15) is 23.1 Å². The molecule has 0 aliphatic carbocycles. The zero-order valence-corrected chi connectivity index (χ0v) is 23.1. The monoisotopic (exact) mass is 571 g/mol. The van der Waals surface area contributed by atoms with Gasteiger partial charge in [-0.15, -0.1) is 0 Å². The lowest BCUT2D eigenvalue weighted by Gasteiger charge is -2.25. The summed E-state index contributed by atoms with van der Waals surface area (Å²) in [5.74, 6) is -1.31. The SMILES string of the molecule is COCCN1C(=O)C(=O)/C(=C(/O)c2cc(Cl)c(OC)c(Cl)c2OC)C1c1ccc(OCc2ccccc2)cc1. The number of carbonyl (C=O) groups is 2. The standard InChI is InChI=1S/C29H27Cl2NO7/c1-36-14-13-32-24(18-9-11-19(12-10-18)39-16-17-7-5-4-6-8-17)22(26(34)29(32)35)25(33)20-15-21(30)28(38-3)23(31)27(20)37-2/h4-12,15,24,33H,13-14,16H2,1-3H3/b25-22+. The van der Waals surface area contributed by atoms with E-state index in [1.807, 2.05) is 30.3 Å². The number of aliphatic hydroxyl groups is 1. The summed E-state index contributed by atoms with van der Waals surface area (Å²) in [5, 5.41) is 11.6. The Balaban J connectivity index is 1.78. The maximum Gasteiger partial charge on any atom is 0.295 e. The minimum atomic E-state index is -0.910. The maximum atomic E-state index is 13.3. The number of methoxy groups -OCH3 is 3. The van der Waals surface area contributed by atoms with Crippen LogP contribution in [0, 0.1) is 0 Å². The topological polar surface area (TPSA) is 94.5 Å². The lowest BCUT2D eigenvalue weighted by molar-refractivity contribution is -0.140. The van der Waals surface area contributed by atoms with Crippen molar-refractivity contribution in [2.45, 2.75) is 12.6 Å². The largest absolute Gasteiger partial charge is 0.507 e. The van der Waals surface area contributed by atoms with Crippen molar-refractivity contribution in [2.75, 3.05) is 34.5 Å². The van der Waals surface area contributed by atoms with E-state index >= 15 is 0 Å². The Bertz CT molecular complexity index is 1390. The van der Waals surface area contributed by atoms with Gasteiger partial charge in [0.25, 0.3) is 11.7 Å². The van der Waals surface area contributed by atoms with E-state index in [4.69, 9.17) is 42.1 Å². The molecule has 10 heteroatoms. The molecule has 1 heterocycles. The fraction of sp³-hybridized carbons (Fsp3) is 0.241. The highest BCUT2D eigenvalue weighted by Gasteiger charge is 2.46. The fourth-order valence-corrected chi connectivity index (χ4v) is 5.11. The van der Waals surface area contributed by atoms with E-state index in [9.17, 15) is 14.7 Å². The summed E-state index contributed by atoms with van der Waals surface area (Å²) < 4.78 is 21.7. The molecule has 1 amide bonds. The van der Waals surface area contributed by atoms with Gasteiger partial charge in [-0.3, -0.25) is 9.59 Å². The van der Waals surface area contributed by atoms with Crippen molar-refractivity contribution in [2.24, 2.45) is 0 Å². The molecule has 3 aromatic rings. The summed E-state index contributed by atoms with van der Waals surface area (Å²) in [6.07, 6.45) is 0. The van der Waals surface area contributed by atoms with E-state index in [0.29, 0.717) is 17.9 Å². The number of carbonyl (C=O) groups excluding carboxylic acids is 2. The second kappa shape index (κ2) is 12.4. The molecule has 0 saturated carbocycles. The molecule has 0 radical (unpaired) electrons. The van der Waals surface area contributed by atoms with Gasteiger partial charge >= 0.3 is 0 Å². The van der Waals surface area contributed by atoms with Crippen LogP contribution in [0.15, 0.2) is 66.2 Å². The van der Waals surface area contributed by atoms with E-state index in [2.05, 4.69) is 0 Å². The Morgan fingerprint density at radius 3 is 2.23 bits per heavy atom. The summed E-state index contributed by atoms with van der Waals surface area (Å²) in [4.78, 5) is 27.8. The Labute approximate surface area is 236 Å². The van der Waals surface area contributed by atoms with Crippen LogP contribution in [0.5, 0.6) is 17.2 Å². The minimum absolute atomic E-state index is 0.0131. The van der Waals surface area contributed by atoms with Crippen LogP contribution in [0.3, 0.4) is 0 Å². The van der Waals surface area contributed by atoms with Crippen molar-refractivity contribution >= 4 is 40.7 Å². The molecule has 4 rings (SSSR count). The molecule has 39 heavy (non-hydrogen) atoms. The average Bonchev–Trinajstić information content (AvgIpc) is 3.20. The number of ketones is 1. The molecule has 204 valence electrons. The van der Waals surface area contributed by atoms with E-state index in [0.717, 1.165) is 5.56 Å². The second-order valence-corrected chi connectivity index (χ2v) is 9.40. The molecule has 1 saturated heterocycles. The number of hydrogen-bond acceptors (Lipinski definition) is 7. The fourth-order valence-electron chi connectivity index (χ4n) is 4.43. The number of Topliss-reactive ketones (excluding diaryl/α,β-unsaturated/α-hetero) is 1. The van der Waals surface area contributed by atoms with Crippen LogP contribution >= 0.6 is 23.2 Å². The summed E-state index contributed by atoms with van der Waals surface area (Å²) in [6, 6.07) is 17.2. The molecule has 1 unspecified atom stereocenters. The number of ether oxygens (including phenoxy) is 4. The first-order valence-electron chi connectivity index (χ1n) is 12.0. The number of benzene rings is 3. The number of nitrogens with zero attached hydrogens (tertiary/aromatic N) is 1. The molecule has 0 bridgehead atoms. The molecule has 1 N–H and O–H groups in total. The Morgan fingerprint density at radius 2 is 1.62 bits per heavy atom. The quantitative estimate of drug-likeness (QED) is 0.190.